The Bertz CT molecular complexity index is 702. The van der Waals surface area contributed by atoms with Gasteiger partial charge in [0.25, 0.3) is 0 Å². The Labute approximate surface area is 133 Å². The molecule has 2 aliphatic heterocycles. The van der Waals surface area contributed by atoms with E-state index >= 15 is 0 Å². The number of aryl methyl sites for hydroxylation is 1. The number of rotatable bonds is 3. The van der Waals surface area contributed by atoms with E-state index in [1.165, 1.54) is 0 Å². The molecule has 1 saturated heterocycles. The highest BCUT2D eigenvalue weighted by atomic mass is 16.6. The molecule has 1 N–H and O–H groups in total. The van der Waals surface area contributed by atoms with Gasteiger partial charge in [-0.3, -0.25) is 4.90 Å². The first-order chi connectivity index (χ1) is 11.2. The molecule has 0 amide bonds. The van der Waals surface area contributed by atoms with Crippen LogP contribution in [0.4, 0.5) is 0 Å². The Morgan fingerprint density at radius 3 is 2.87 bits per heavy atom. The number of β-amino-alcohol motifs (C(OH)–C–C–N with tert-alkyl or cyclic N) is 1. The zero-order valence-corrected chi connectivity index (χ0v) is 12.9. The summed E-state index contributed by atoms with van der Waals surface area (Å²) in [4.78, 5) is 6.47. The maximum atomic E-state index is 10.0. The molecule has 0 saturated carbocycles. The fraction of sp³-hybridized carbons (Fsp3) is 0.500. The first-order valence-electron chi connectivity index (χ1n) is 7.80. The van der Waals surface area contributed by atoms with Gasteiger partial charge in [-0.25, -0.2) is 0 Å². The van der Waals surface area contributed by atoms with Crippen molar-refractivity contribution in [2.75, 3.05) is 19.8 Å². The number of aromatic nitrogens is 2. The van der Waals surface area contributed by atoms with Gasteiger partial charge in [-0.2, -0.15) is 4.98 Å². The van der Waals surface area contributed by atoms with Crippen LogP contribution in [0.25, 0.3) is 0 Å². The van der Waals surface area contributed by atoms with E-state index in [-0.39, 0.29) is 12.1 Å². The van der Waals surface area contributed by atoms with Crippen molar-refractivity contribution in [1.82, 2.24) is 15.0 Å². The summed E-state index contributed by atoms with van der Waals surface area (Å²) in [5.41, 5.74) is 1.10. The number of hydrogen-bond acceptors (Lipinski definition) is 7. The third-order valence-corrected chi connectivity index (χ3v) is 4.20. The van der Waals surface area contributed by atoms with Crippen LogP contribution in [0.15, 0.2) is 22.7 Å². The molecular formula is C16H19N3O4. The summed E-state index contributed by atoms with van der Waals surface area (Å²) in [7, 11) is 0. The molecule has 3 heterocycles. The van der Waals surface area contributed by atoms with Gasteiger partial charge >= 0.3 is 0 Å². The molecule has 1 aromatic carbocycles. The first-order valence-corrected chi connectivity index (χ1v) is 7.80. The molecule has 23 heavy (non-hydrogen) atoms. The van der Waals surface area contributed by atoms with E-state index < -0.39 is 0 Å². The molecule has 0 spiro atoms. The quantitative estimate of drug-likeness (QED) is 0.917. The lowest BCUT2D eigenvalue weighted by molar-refractivity contribution is 0.166. The van der Waals surface area contributed by atoms with Gasteiger partial charge in [0.15, 0.2) is 17.3 Å². The standard InChI is InChI=1S/C16H19N3O4/c1-10-17-16(23-18-10)13-7-12(20)9-19(13)8-11-2-3-14-15(6-11)22-5-4-21-14/h2-3,6,12-13,20H,4-5,7-9H2,1H3/t12-,13+/m0/s1. The number of benzene rings is 1. The molecule has 2 aliphatic rings. The number of nitrogens with zero attached hydrogens (tertiary/aromatic N) is 3. The SMILES string of the molecule is Cc1noc([C@H]2C[C@H](O)CN2Cc2ccc3c(c2)OCCO3)n1. The second-order valence-electron chi connectivity index (χ2n) is 5.99. The fourth-order valence-electron chi connectivity index (χ4n) is 3.18. The van der Waals surface area contributed by atoms with Crippen molar-refractivity contribution in [1.29, 1.82) is 0 Å². The molecular weight excluding hydrogens is 298 g/mol. The van der Waals surface area contributed by atoms with Crippen LogP contribution < -0.4 is 9.47 Å². The van der Waals surface area contributed by atoms with Crippen LogP contribution in [0.5, 0.6) is 11.5 Å². The molecule has 0 unspecified atom stereocenters. The van der Waals surface area contributed by atoms with E-state index in [9.17, 15) is 5.11 Å². The van der Waals surface area contributed by atoms with Crippen molar-refractivity contribution < 1.29 is 19.1 Å². The highest BCUT2D eigenvalue weighted by Crippen LogP contribution is 2.35. The van der Waals surface area contributed by atoms with Crippen molar-refractivity contribution in [3.8, 4) is 11.5 Å². The van der Waals surface area contributed by atoms with Gasteiger partial charge in [-0.15, -0.1) is 0 Å². The van der Waals surface area contributed by atoms with Crippen LogP contribution in [0.2, 0.25) is 0 Å². The Morgan fingerprint density at radius 2 is 2.09 bits per heavy atom. The highest BCUT2D eigenvalue weighted by Gasteiger charge is 2.35. The third kappa shape index (κ3) is 2.89. The second kappa shape index (κ2) is 5.82. The van der Waals surface area contributed by atoms with E-state index in [4.69, 9.17) is 14.0 Å². The van der Waals surface area contributed by atoms with Crippen molar-refractivity contribution >= 4 is 0 Å². The first kappa shape index (κ1) is 14.5. The number of aliphatic hydroxyl groups is 1. The Balaban J connectivity index is 1.54. The van der Waals surface area contributed by atoms with Crippen LogP contribution in [0.1, 0.15) is 29.7 Å². The van der Waals surface area contributed by atoms with Crippen LogP contribution in [0, 0.1) is 6.92 Å². The zero-order valence-electron chi connectivity index (χ0n) is 12.9. The van der Waals surface area contributed by atoms with Crippen molar-refractivity contribution in [3.63, 3.8) is 0 Å². The predicted molar refractivity (Wildman–Crippen MR) is 80.2 cm³/mol. The van der Waals surface area contributed by atoms with Crippen molar-refractivity contribution in [2.24, 2.45) is 0 Å². The molecule has 0 bridgehead atoms. The molecule has 4 rings (SSSR count). The van der Waals surface area contributed by atoms with Gasteiger partial charge in [0.1, 0.15) is 13.2 Å². The van der Waals surface area contributed by atoms with Gasteiger partial charge in [-0.05, 0) is 31.0 Å². The molecule has 0 aliphatic carbocycles. The maximum absolute atomic E-state index is 10.0. The van der Waals surface area contributed by atoms with Crippen molar-refractivity contribution in [2.45, 2.75) is 32.0 Å². The normalized spacial score (nSPS) is 24.1. The minimum absolute atomic E-state index is 0.0561. The lowest BCUT2D eigenvalue weighted by atomic mass is 10.1. The number of ether oxygens (including phenoxy) is 2. The summed E-state index contributed by atoms with van der Waals surface area (Å²) in [5, 5.41) is 13.9. The van der Waals surface area contributed by atoms with Gasteiger partial charge in [0, 0.05) is 13.1 Å². The van der Waals surface area contributed by atoms with E-state index in [0.717, 1.165) is 17.1 Å². The van der Waals surface area contributed by atoms with Crippen LogP contribution in [-0.2, 0) is 6.54 Å². The van der Waals surface area contributed by atoms with Gasteiger partial charge in [0.2, 0.25) is 5.89 Å². The van der Waals surface area contributed by atoms with Gasteiger partial charge < -0.3 is 19.1 Å². The molecule has 0 radical (unpaired) electrons. The van der Waals surface area contributed by atoms with Crippen LogP contribution >= 0.6 is 0 Å². The topological polar surface area (TPSA) is 80.9 Å². The summed E-state index contributed by atoms with van der Waals surface area (Å²) in [6, 6.07) is 5.89. The zero-order chi connectivity index (χ0) is 15.8. The molecule has 7 nitrogen and oxygen atoms in total. The van der Waals surface area contributed by atoms with E-state index in [2.05, 4.69) is 15.0 Å². The number of likely N-dealkylation sites (tertiary alicyclic amines) is 1. The van der Waals surface area contributed by atoms with E-state index in [1.54, 1.807) is 6.92 Å². The Kier molecular flexibility index (Phi) is 3.66. The minimum atomic E-state index is -0.385. The second-order valence-corrected chi connectivity index (χ2v) is 5.99. The summed E-state index contributed by atoms with van der Waals surface area (Å²) in [6.07, 6.45) is 0.219. The number of hydrogen-bond donors (Lipinski definition) is 1. The van der Waals surface area contributed by atoms with Crippen LogP contribution in [-0.4, -0.2) is 46.0 Å². The van der Waals surface area contributed by atoms with Crippen molar-refractivity contribution in [3.05, 3.63) is 35.5 Å². The van der Waals surface area contributed by atoms with E-state index in [0.29, 0.717) is 44.4 Å². The number of fused-ring (bicyclic) bond motifs is 1. The fourth-order valence-corrected chi connectivity index (χ4v) is 3.18. The predicted octanol–water partition coefficient (Wildman–Crippen LogP) is 1.46. The monoisotopic (exact) mass is 317 g/mol. The Morgan fingerprint density at radius 1 is 1.26 bits per heavy atom. The largest absolute Gasteiger partial charge is 0.486 e. The smallest absolute Gasteiger partial charge is 0.244 e. The summed E-state index contributed by atoms with van der Waals surface area (Å²) >= 11 is 0. The van der Waals surface area contributed by atoms with Gasteiger partial charge in [-0.1, -0.05) is 11.2 Å². The molecule has 1 aromatic heterocycles. The lowest BCUT2D eigenvalue weighted by Crippen LogP contribution is -2.24. The molecule has 1 fully saturated rings. The average molecular weight is 317 g/mol. The van der Waals surface area contributed by atoms with Gasteiger partial charge in [0.05, 0.1) is 12.1 Å². The van der Waals surface area contributed by atoms with Crippen LogP contribution in [0.3, 0.4) is 0 Å². The number of aliphatic hydroxyl groups excluding tert-OH is 1. The molecule has 122 valence electrons. The third-order valence-electron chi connectivity index (χ3n) is 4.20. The summed E-state index contributed by atoms with van der Waals surface area (Å²) < 4.78 is 16.5. The molecule has 2 atom stereocenters. The minimum Gasteiger partial charge on any atom is -0.486 e. The lowest BCUT2D eigenvalue weighted by Gasteiger charge is -2.23. The molecule has 7 heteroatoms. The summed E-state index contributed by atoms with van der Waals surface area (Å²) in [5.74, 6) is 2.74. The maximum Gasteiger partial charge on any atom is 0.244 e. The average Bonchev–Trinajstić information content (AvgIpc) is 3.13. The molecule has 2 aromatic rings. The van der Waals surface area contributed by atoms with E-state index in [1.807, 2.05) is 18.2 Å². The summed E-state index contributed by atoms with van der Waals surface area (Å²) in [6.45, 7) is 4.22. The highest BCUT2D eigenvalue weighted by molar-refractivity contribution is 5.43. The Hall–Kier alpha value is -2.12.